The van der Waals surface area contributed by atoms with Crippen LogP contribution in [0, 0.1) is 0 Å². The van der Waals surface area contributed by atoms with Gasteiger partial charge in [0.25, 0.3) is 0 Å². The van der Waals surface area contributed by atoms with E-state index in [9.17, 15) is 4.79 Å². The molecule has 3 aromatic carbocycles. The van der Waals surface area contributed by atoms with Gasteiger partial charge in [0.15, 0.2) is 12.0 Å². The van der Waals surface area contributed by atoms with E-state index in [1.165, 1.54) is 4.88 Å². The van der Waals surface area contributed by atoms with E-state index in [-0.39, 0.29) is 0 Å². The summed E-state index contributed by atoms with van der Waals surface area (Å²) in [5, 5.41) is 5.30. The zero-order valence-corrected chi connectivity index (χ0v) is 18.8. The highest BCUT2D eigenvalue weighted by molar-refractivity contribution is 7.15. The molecule has 0 unspecified atom stereocenters. The maximum atomic E-state index is 11.3. The van der Waals surface area contributed by atoms with Crippen LogP contribution >= 0.6 is 11.3 Å². The first-order chi connectivity index (χ1) is 16.2. The molecular formula is C27H21N3O2S. The predicted octanol–water partition coefficient (Wildman–Crippen LogP) is 6.60. The fourth-order valence-corrected chi connectivity index (χ4v) is 4.64. The van der Waals surface area contributed by atoms with E-state index in [2.05, 4.69) is 39.6 Å². The second kappa shape index (κ2) is 9.22. The van der Waals surface area contributed by atoms with E-state index >= 15 is 0 Å². The summed E-state index contributed by atoms with van der Waals surface area (Å²) in [6.07, 6.45) is 5.32. The molecule has 5 nitrogen and oxygen atoms in total. The second-order valence-corrected chi connectivity index (χ2v) is 8.67. The van der Waals surface area contributed by atoms with Crippen LogP contribution < -0.4 is 10.1 Å². The minimum atomic E-state index is 0.519. The van der Waals surface area contributed by atoms with Crippen LogP contribution in [0.5, 0.6) is 11.5 Å². The quantitative estimate of drug-likeness (QED) is 0.283. The average Bonchev–Trinajstić information content (AvgIpc) is 3.33. The van der Waals surface area contributed by atoms with Gasteiger partial charge in [-0.15, -0.1) is 11.3 Å². The van der Waals surface area contributed by atoms with Crippen molar-refractivity contribution in [2.24, 2.45) is 0 Å². The van der Waals surface area contributed by atoms with Crippen molar-refractivity contribution >= 4 is 34.2 Å². The number of rotatable bonds is 7. The first kappa shape index (κ1) is 20.8. The van der Waals surface area contributed by atoms with Crippen LogP contribution in [0.3, 0.4) is 0 Å². The average molecular weight is 452 g/mol. The van der Waals surface area contributed by atoms with Crippen LogP contribution in [-0.2, 0) is 6.42 Å². The molecule has 2 aromatic heterocycles. The number of para-hydroxylation sites is 1. The molecule has 0 fully saturated rings. The molecule has 5 rings (SSSR count). The van der Waals surface area contributed by atoms with Gasteiger partial charge in [0.2, 0.25) is 0 Å². The number of pyridine rings is 1. The van der Waals surface area contributed by atoms with Crippen molar-refractivity contribution in [3.63, 3.8) is 0 Å². The monoisotopic (exact) mass is 451 g/mol. The summed E-state index contributed by atoms with van der Waals surface area (Å²) in [5.74, 6) is 1.21. The highest BCUT2D eigenvalue weighted by atomic mass is 32.1. The van der Waals surface area contributed by atoms with Crippen LogP contribution in [0.4, 0.5) is 5.69 Å². The standard InChI is InChI=1S/C27H21N3O2S/c1-28-24-14-18(8-11-26(24)32-25-7-3-2-5-21(25)17-31)13-22-16-30-27(33-22)20-9-10-23-19(15-20)6-4-12-29-23/h2-12,14-17,28H,13H2,1H3. The predicted molar refractivity (Wildman–Crippen MR) is 134 cm³/mol. The largest absolute Gasteiger partial charge is 0.454 e. The smallest absolute Gasteiger partial charge is 0.153 e. The van der Waals surface area contributed by atoms with Crippen molar-refractivity contribution < 1.29 is 9.53 Å². The molecule has 33 heavy (non-hydrogen) atoms. The van der Waals surface area contributed by atoms with Gasteiger partial charge in [0.05, 0.1) is 16.8 Å². The van der Waals surface area contributed by atoms with Gasteiger partial charge in [-0.05, 0) is 54.1 Å². The van der Waals surface area contributed by atoms with Gasteiger partial charge in [-0.2, -0.15) is 0 Å². The summed E-state index contributed by atoms with van der Waals surface area (Å²) in [6, 6.07) is 23.5. The summed E-state index contributed by atoms with van der Waals surface area (Å²) in [4.78, 5) is 21.5. The molecule has 2 heterocycles. The third kappa shape index (κ3) is 4.47. The highest BCUT2D eigenvalue weighted by Gasteiger charge is 2.11. The number of carbonyl (C=O) groups is 1. The number of aldehydes is 1. The number of thiazole rings is 1. The van der Waals surface area contributed by atoms with Gasteiger partial charge in [0, 0.05) is 41.7 Å². The minimum Gasteiger partial charge on any atom is -0.454 e. The van der Waals surface area contributed by atoms with Crippen molar-refractivity contribution in [3.05, 3.63) is 101 Å². The Hall–Kier alpha value is -4.03. The lowest BCUT2D eigenvalue weighted by atomic mass is 10.1. The first-order valence-electron chi connectivity index (χ1n) is 10.6. The Morgan fingerprint density at radius 1 is 0.970 bits per heavy atom. The molecule has 0 aliphatic heterocycles. The zero-order chi connectivity index (χ0) is 22.6. The molecule has 0 spiro atoms. The number of fused-ring (bicyclic) bond motifs is 1. The Labute approximate surface area is 195 Å². The lowest BCUT2D eigenvalue weighted by molar-refractivity contribution is 0.112. The van der Waals surface area contributed by atoms with Crippen molar-refractivity contribution in [1.82, 2.24) is 9.97 Å². The van der Waals surface area contributed by atoms with E-state index in [0.29, 0.717) is 17.1 Å². The number of hydrogen-bond acceptors (Lipinski definition) is 6. The van der Waals surface area contributed by atoms with Crippen LogP contribution in [0.1, 0.15) is 20.8 Å². The van der Waals surface area contributed by atoms with Crippen LogP contribution in [-0.4, -0.2) is 23.3 Å². The normalized spacial score (nSPS) is 10.8. The lowest BCUT2D eigenvalue weighted by Gasteiger charge is -2.13. The zero-order valence-electron chi connectivity index (χ0n) is 18.0. The summed E-state index contributed by atoms with van der Waals surface area (Å²) < 4.78 is 6.02. The Kier molecular flexibility index (Phi) is 5.83. The lowest BCUT2D eigenvalue weighted by Crippen LogP contribution is -1.97. The maximum absolute atomic E-state index is 11.3. The molecule has 0 radical (unpaired) electrons. The molecule has 0 saturated carbocycles. The number of benzene rings is 3. The fraction of sp³-hybridized carbons (Fsp3) is 0.0741. The highest BCUT2D eigenvalue weighted by Crippen LogP contribution is 2.33. The molecule has 162 valence electrons. The van der Waals surface area contributed by atoms with Gasteiger partial charge in [-0.3, -0.25) is 9.78 Å². The van der Waals surface area contributed by atoms with E-state index in [4.69, 9.17) is 4.74 Å². The SMILES string of the molecule is CNc1cc(Cc2cnc(-c3ccc4ncccc4c3)s2)ccc1Oc1ccccc1C=O. The molecule has 1 N–H and O–H groups in total. The van der Waals surface area contributed by atoms with Crippen molar-refractivity contribution in [1.29, 1.82) is 0 Å². The first-order valence-corrected chi connectivity index (χ1v) is 11.4. The molecule has 0 aliphatic rings. The Bertz CT molecular complexity index is 1440. The molecule has 5 aromatic rings. The van der Waals surface area contributed by atoms with E-state index in [0.717, 1.165) is 45.4 Å². The third-order valence-electron chi connectivity index (χ3n) is 5.36. The van der Waals surface area contributed by atoms with Gasteiger partial charge in [-0.25, -0.2) is 4.98 Å². The van der Waals surface area contributed by atoms with Crippen molar-refractivity contribution in [2.45, 2.75) is 6.42 Å². The van der Waals surface area contributed by atoms with Crippen LogP contribution in [0.15, 0.2) is 85.2 Å². The molecule has 6 heteroatoms. The number of anilines is 1. The number of ether oxygens (including phenoxy) is 1. The maximum Gasteiger partial charge on any atom is 0.153 e. The van der Waals surface area contributed by atoms with E-state index in [1.807, 2.05) is 49.6 Å². The third-order valence-corrected chi connectivity index (χ3v) is 6.41. The summed E-state index contributed by atoms with van der Waals surface area (Å²) in [7, 11) is 1.86. The van der Waals surface area contributed by atoms with E-state index in [1.54, 1.807) is 29.7 Å². The molecular weight excluding hydrogens is 430 g/mol. The number of nitrogens with zero attached hydrogens (tertiary/aromatic N) is 2. The molecule has 0 saturated heterocycles. The molecule has 0 bridgehead atoms. The van der Waals surface area contributed by atoms with Crippen molar-refractivity contribution in [2.75, 3.05) is 12.4 Å². The summed E-state index contributed by atoms with van der Waals surface area (Å²) in [5.41, 5.74) is 4.61. The molecule has 0 aliphatic carbocycles. The number of nitrogens with one attached hydrogen (secondary N) is 1. The minimum absolute atomic E-state index is 0.519. The van der Waals surface area contributed by atoms with Gasteiger partial charge >= 0.3 is 0 Å². The van der Waals surface area contributed by atoms with Gasteiger partial charge in [-0.1, -0.05) is 24.3 Å². The Morgan fingerprint density at radius 2 is 1.88 bits per heavy atom. The topological polar surface area (TPSA) is 64.1 Å². The molecule has 0 amide bonds. The Morgan fingerprint density at radius 3 is 2.76 bits per heavy atom. The van der Waals surface area contributed by atoms with Gasteiger partial charge < -0.3 is 10.1 Å². The molecule has 0 atom stereocenters. The fourth-order valence-electron chi connectivity index (χ4n) is 3.69. The summed E-state index contributed by atoms with van der Waals surface area (Å²) >= 11 is 1.69. The Balaban J connectivity index is 1.36. The number of hydrogen-bond donors (Lipinski definition) is 1. The van der Waals surface area contributed by atoms with Gasteiger partial charge in [0.1, 0.15) is 10.8 Å². The summed E-state index contributed by atoms with van der Waals surface area (Å²) in [6.45, 7) is 0. The van der Waals surface area contributed by atoms with Crippen molar-refractivity contribution in [3.8, 4) is 22.1 Å². The van der Waals surface area contributed by atoms with E-state index < -0.39 is 0 Å². The van der Waals surface area contributed by atoms with Crippen LogP contribution in [0.25, 0.3) is 21.5 Å². The number of carbonyl (C=O) groups excluding carboxylic acids is 1. The van der Waals surface area contributed by atoms with Crippen LogP contribution in [0.2, 0.25) is 0 Å². The number of aromatic nitrogens is 2. The second-order valence-electron chi connectivity index (χ2n) is 7.56.